The van der Waals surface area contributed by atoms with Crippen LogP contribution in [0.2, 0.25) is 10.0 Å². The van der Waals surface area contributed by atoms with Crippen LogP contribution >= 0.6 is 23.2 Å². The quantitative estimate of drug-likeness (QED) is 0.114. The molecule has 20 heteroatoms. The van der Waals surface area contributed by atoms with Gasteiger partial charge in [0.1, 0.15) is 40.4 Å². The number of fused-ring (bicyclic) bond motifs is 2. The molecule has 0 atom stereocenters. The van der Waals surface area contributed by atoms with Gasteiger partial charge in [0.2, 0.25) is 0 Å². The Hall–Kier alpha value is -7.70. The highest BCUT2D eigenvalue weighted by Gasteiger charge is 2.37. The van der Waals surface area contributed by atoms with Crippen LogP contribution in [0.4, 0.5) is 58.7 Å². The van der Waals surface area contributed by atoms with Gasteiger partial charge in [-0.25, -0.2) is 22.8 Å². The average molecular weight is 902 g/mol. The molecular weight excluding hydrogens is 877 g/mol. The first-order valence-corrected chi connectivity index (χ1v) is 18.8. The first kappa shape index (κ1) is 42.0. The van der Waals surface area contributed by atoms with Crippen LogP contribution in [-0.2, 0) is 6.18 Å². The number of halogens is 8. The monoisotopic (exact) mass is 900 g/mol. The second-order valence-corrected chi connectivity index (χ2v) is 14.0. The number of urea groups is 2. The summed E-state index contributed by atoms with van der Waals surface area (Å²) >= 11 is 11.9. The predicted molar refractivity (Wildman–Crippen MR) is 223 cm³/mol. The van der Waals surface area contributed by atoms with Gasteiger partial charge in [0, 0.05) is 78.6 Å². The van der Waals surface area contributed by atoms with E-state index in [4.69, 9.17) is 32.7 Å². The highest BCUT2D eigenvalue weighted by Crippen LogP contribution is 2.39. The number of hydrazine groups is 1. The largest absolute Gasteiger partial charge is 0.457 e. The summed E-state index contributed by atoms with van der Waals surface area (Å²) in [6.45, 7) is 0. The molecule has 0 fully saturated rings. The summed E-state index contributed by atoms with van der Waals surface area (Å²) in [4.78, 5) is 45.8. The number of alkyl halides is 3. The van der Waals surface area contributed by atoms with E-state index in [9.17, 15) is 22.8 Å². The average Bonchev–Trinajstić information content (AvgIpc) is 3.23. The number of hydrogen-bond donors (Lipinski definition) is 2. The fourth-order valence-corrected chi connectivity index (χ4v) is 6.49. The van der Waals surface area contributed by atoms with Gasteiger partial charge in [-0.1, -0.05) is 23.2 Å². The zero-order chi connectivity index (χ0) is 44.4. The normalized spacial score (nSPS) is 11.3. The van der Waals surface area contributed by atoms with E-state index in [-0.39, 0.29) is 34.4 Å². The zero-order valence-corrected chi connectivity index (χ0v) is 33.1. The lowest BCUT2D eigenvalue weighted by Gasteiger charge is -2.35. The Morgan fingerprint density at radius 1 is 0.508 bits per heavy atom. The maximum absolute atomic E-state index is 15.2. The van der Waals surface area contributed by atoms with Crippen molar-refractivity contribution in [3.05, 3.63) is 167 Å². The van der Waals surface area contributed by atoms with Crippen LogP contribution in [-0.4, -0.2) is 32.0 Å². The lowest BCUT2D eigenvalue weighted by atomic mass is 10.2. The van der Waals surface area contributed by atoms with E-state index in [2.05, 4.69) is 30.6 Å². The Morgan fingerprint density at radius 2 is 0.952 bits per heavy atom. The predicted octanol–water partition coefficient (Wildman–Crippen LogP) is 12.6. The Bertz CT molecular complexity index is 3070. The van der Waals surface area contributed by atoms with Gasteiger partial charge in [-0.05, 0) is 66.7 Å². The van der Waals surface area contributed by atoms with Gasteiger partial charge in [0.05, 0.1) is 49.1 Å². The van der Waals surface area contributed by atoms with Gasteiger partial charge >= 0.3 is 18.2 Å². The molecular formula is C43H24Cl2F6N8O4. The molecule has 0 aliphatic heterocycles. The Kier molecular flexibility index (Phi) is 11.6. The van der Waals surface area contributed by atoms with Crippen LogP contribution < -0.4 is 30.1 Å². The molecule has 2 aromatic heterocycles. The van der Waals surface area contributed by atoms with E-state index in [0.717, 1.165) is 48.5 Å². The topological polar surface area (TPSA) is 135 Å². The van der Waals surface area contributed by atoms with Crippen molar-refractivity contribution in [3.63, 3.8) is 0 Å². The number of nitrogens with zero attached hydrogens (tertiary/aromatic N) is 6. The van der Waals surface area contributed by atoms with Crippen LogP contribution in [0.1, 0.15) is 5.56 Å². The van der Waals surface area contributed by atoms with E-state index >= 15 is 13.2 Å². The lowest BCUT2D eigenvalue weighted by molar-refractivity contribution is -0.137. The van der Waals surface area contributed by atoms with Gasteiger partial charge in [-0.3, -0.25) is 19.9 Å². The molecule has 12 nitrogen and oxygen atoms in total. The van der Waals surface area contributed by atoms with Crippen LogP contribution in [0.5, 0.6) is 23.0 Å². The number of hydrogen-bond acceptors (Lipinski definition) is 8. The van der Waals surface area contributed by atoms with Crippen molar-refractivity contribution in [3.8, 4) is 23.0 Å². The number of amides is 4. The van der Waals surface area contributed by atoms with Crippen molar-refractivity contribution in [2.24, 2.45) is 0 Å². The number of carbonyl (C=O) groups excluding carboxylic acids is 2. The molecule has 0 saturated carbocycles. The van der Waals surface area contributed by atoms with Gasteiger partial charge in [-0.15, -0.1) is 0 Å². The SMILES string of the molecule is O=C(Nc1cc(F)cc(Oc2ccc3nccnc3c2)c1)N(c1ccc(Cl)c(F)c1)N(C(=O)Nc1cc(F)cc(Oc2ccc3nccnc3c2)c1)c1ccc(Cl)c(C(F)(F)F)c1. The molecule has 0 spiro atoms. The minimum atomic E-state index is -5.08. The molecule has 0 bridgehead atoms. The van der Waals surface area contributed by atoms with Crippen LogP contribution in [0, 0.1) is 17.5 Å². The zero-order valence-electron chi connectivity index (χ0n) is 31.5. The first-order chi connectivity index (χ1) is 30.2. The molecule has 0 aliphatic rings. The number of nitrogens with one attached hydrogen (secondary N) is 2. The summed E-state index contributed by atoms with van der Waals surface area (Å²) in [5.74, 6) is -2.77. The first-order valence-electron chi connectivity index (χ1n) is 18.1. The summed E-state index contributed by atoms with van der Waals surface area (Å²) in [7, 11) is 0. The molecule has 0 unspecified atom stereocenters. The molecule has 63 heavy (non-hydrogen) atoms. The fraction of sp³-hybridized carbons (Fsp3) is 0.0233. The lowest BCUT2D eigenvalue weighted by Crippen LogP contribution is -2.54. The third-order valence-corrected chi connectivity index (χ3v) is 9.47. The van der Waals surface area contributed by atoms with E-state index < -0.39 is 62.7 Å². The van der Waals surface area contributed by atoms with Gasteiger partial charge in [0.15, 0.2) is 0 Å². The number of anilines is 4. The maximum atomic E-state index is 15.2. The van der Waals surface area contributed by atoms with Gasteiger partial charge in [0.25, 0.3) is 0 Å². The van der Waals surface area contributed by atoms with E-state index in [0.29, 0.717) is 44.2 Å². The fourth-order valence-electron chi connectivity index (χ4n) is 6.15. The molecule has 8 aromatic rings. The highest BCUT2D eigenvalue weighted by molar-refractivity contribution is 6.31. The molecule has 0 radical (unpaired) electrons. The molecule has 2 heterocycles. The number of aromatic nitrogens is 4. The Labute approximate surface area is 361 Å². The maximum Gasteiger partial charge on any atom is 0.417 e. The standard InChI is InChI=1S/C43H24Cl2F6N8O4/c44-34-5-1-27(19-33(34)43(49,50)51)58(41(60)56-25-13-23(46)15-31(17-25)62-29-3-7-37-39(21-29)54-11-9-52-37)59(28-2-6-35(45)36(48)20-28)42(61)57-26-14-24(47)16-32(18-26)63-30-4-8-38-40(22-30)55-12-10-53-38/h1-22H,(H,56,60)(H,57,61). The molecule has 8 rings (SSSR count). The van der Waals surface area contributed by atoms with Crippen molar-refractivity contribution in [1.82, 2.24) is 19.9 Å². The molecule has 0 saturated heterocycles. The molecule has 316 valence electrons. The third kappa shape index (κ3) is 9.61. The van der Waals surface area contributed by atoms with E-state index in [1.54, 1.807) is 18.2 Å². The number of carbonyl (C=O) groups is 2. The minimum Gasteiger partial charge on any atom is -0.457 e. The van der Waals surface area contributed by atoms with Gasteiger partial charge < -0.3 is 20.1 Å². The Morgan fingerprint density at radius 3 is 1.41 bits per heavy atom. The number of benzene rings is 6. The molecule has 4 amide bonds. The smallest absolute Gasteiger partial charge is 0.417 e. The van der Waals surface area contributed by atoms with E-state index in [1.807, 2.05) is 0 Å². The van der Waals surface area contributed by atoms with Crippen molar-refractivity contribution in [2.75, 3.05) is 20.7 Å². The van der Waals surface area contributed by atoms with Crippen LogP contribution in [0.3, 0.4) is 0 Å². The summed E-state index contributed by atoms with van der Waals surface area (Å²) in [6.07, 6.45) is 0.837. The minimum absolute atomic E-state index is 0.125. The van der Waals surface area contributed by atoms with Gasteiger partial charge in [-0.2, -0.15) is 23.2 Å². The van der Waals surface area contributed by atoms with Crippen molar-refractivity contribution >= 4 is 80.1 Å². The van der Waals surface area contributed by atoms with Crippen LogP contribution in [0.15, 0.2) is 134 Å². The number of ether oxygens (including phenoxy) is 2. The summed E-state index contributed by atoms with van der Waals surface area (Å²) < 4.78 is 100. The second kappa shape index (κ2) is 17.3. The van der Waals surface area contributed by atoms with Crippen molar-refractivity contribution in [2.45, 2.75) is 6.18 Å². The number of rotatable bonds is 8. The molecule has 6 aromatic carbocycles. The van der Waals surface area contributed by atoms with E-state index in [1.165, 1.54) is 55.1 Å². The molecule has 0 aliphatic carbocycles. The van der Waals surface area contributed by atoms with Crippen LogP contribution in [0.25, 0.3) is 22.1 Å². The second-order valence-electron chi connectivity index (χ2n) is 13.2. The third-order valence-electron chi connectivity index (χ3n) is 8.83. The summed E-state index contributed by atoms with van der Waals surface area (Å²) in [5.41, 5.74) is -1.12. The Balaban J connectivity index is 1.18. The summed E-state index contributed by atoms with van der Waals surface area (Å²) in [5, 5.41) is 4.40. The van der Waals surface area contributed by atoms with Crippen molar-refractivity contribution < 1.29 is 45.4 Å². The summed E-state index contributed by atoms with van der Waals surface area (Å²) in [6, 6.07) is 17.8. The molecule has 2 N–H and O–H groups in total. The highest BCUT2D eigenvalue weighted by atomic mass is 35.5. The van der Waals surface area contributed by atoms with Crippen molar-refractivity contribution in [1.29, 1.82) is 0 Å².